The van der Waals surface area contributed by atoms with Crippen molar-refractivity contribution in [3.63, 3.8) is 0 Å². The third-order valence-electron chi connectivity index (χ3n) is 2.23. The maximum Gasteiger partial charge on any atom is 0.0486 e. The van der Waals surface area contributed by atoms with E-state index in [1.54, 1.807) is 0 Å². The van der Waals surface area contributed by atoms with Crippen LogP contribution < -0.4 is 5.32 Å². The summed E-state index contributed by atoms with van der Waals surface area (Å²) in [6.45, 7) is 7.10. The van der Waals surface area contributed by atoms with Crippen molar-refractivity contribution < 1.29 is 4.21 Å². The zero-order chi connectivity index (χ0) is 12.9. The summed E-state index contributed by atoms with van der Waals surface area (Å²) in [5.41, 5.74) is 1.16. The average Bonchev–Trinajstić information content (AvgIpc) is 2.19. The van der Waals surface area contributed by atoms with Gasteiger partial charge in [-0.3, -0.25) is 4.21 Å². The van der Waals surface area contributed by atoms with Gasteiger partial charge in [-0.2, -0.15) is 0 Å². The highest BCUT2D eigenvalue weighted by Gasteiger charge is 2.09. The molecule has 0 amide bonds. The largest absolute Gasteiger partial charge is 0.311 e. The van der Waals surface area contributed by atoms with Gasteiger partial charge in [0, 0.05) is 39.4 Å². The van der Waals surface area contributed by atoms with Gasteiger partial charge in [-0.25, -0.2) is 0 Å². The van der Waals surface area contributed by atoms with Crippen molar-refractivity contribution in [3.05, 3.63) is 34.9 Å². The van der Waals surface area contributed by atoms with Gasteiger partial charge >= 0.3 is 0 Å². The van der Waals surface area contributed by atoms with E-state index in [1.165, 1.54) is 0 Å². The minimum atomic E-state index is -0.818. The first kappa shape index (κ1) is 14.7. The van der Waals surface area contributed by atoms with Crippen molar-refractivity contribution >= 4 is 22.4 Å². The predicted octanol–water partition coefficient (Wildman–Crippen LogP) is 2.98. The normalized spacial score (nSPS) is 13.6. The monoisotopic (exact) mass is 273 g/mol. The molecule has 0 bridgehead atoms. The molecule has 1 N–H and O–H groups in total. The molecule has 0 aliphatic rings. The Morgan fingerprint density at radius 2 is 1.82 bits per heavy atom. The maximum atomic E-state index is 11.8. The van der Waals surface area contributed by atoms with E-state index in [2.05, 4.69) is 26.1 Å². The highest BCUT2D eigenvalue weighted by atomic mass is 35.5. The predicted molar refractivity (Wildman–Crippen MR) is 75.9 cm³/mol. The van der Waals surface area contributed by atoms with Crippen molar-refractivity contribution in [2.45, 2.75) is 32.1 Å². The number of hydrogen-bond donors (Lipinski definition) is 1. The molecule has 0 aliphatic carbocycles. The molecule has 1 aromatic carbocycles. The van der Waals surface area contributed by atoms with Crippen LogP contribution >= 0.6 is 11.6 Å². The van der Waals surface area contributed by atoms with Crippen LogP contribution in [0, 0.1) is 0 Å². The Balaban J connectivity index is 2.32. The fourth-order valence-corrected chi connectivity index (χ4v) is 2.54. The van der Waals surface area contributed by atoms with Gasteiger partial charge in [-0.15, -0.1) is 0 Å². The van der Waals surface area contributed by atoms with E-state index < -0.39 is 10.8 Å². The first-order valence-corrected chi connectivity index (χ1v) is 7.58. The first-order chi connectivity index (χ1) is 7.87. The lowest BCUT2D eigenvalue weighted by atomic mass is 10.1. The van der Waals surface area contributed by atoms with Crippen LogP contribution in [0.5, 0.6) is 0 Å². The molecule has 0 spiro atoms. The van der Waals surface area contributed by atoms with Crippen molar-refractivity contribution in [3.8, 4) is 0 Å². The lowest BCUT2D eigenvalue weighted by molar-refractivity contribution is 0.440. The Bertz CT molecular complexity index is 370. The van der Waals surface area contributed by atoms with Crippen molar-refractivity contribution in [1.29, 1.82) is 0 Å². The Morgan fingerprint density at radius 3 is 2.35 bits per heavy atom. The summed E-state index contributed by atoms with van der Waals surface area (Å²) in [5, 5.41) is 4.05. The van der Waals surface area contributed by atoms with Gasteiger partial charge in [0.25, 0.3) is 0 Å². The zero-order valence-corrected chi connectivity index (χ0v) is 12.2. The van der Waals surface area contributed by atoms with Crippen LogP contribution in [0.15, 0.2) is 24.3 Å². The Kier molecular flexibility index (Phi) is 5.63. The molecule has 17 heavy (non-hydrogen) atoms. The van der Waals surface area contributed by atoms with Gasteiger partial charge in [0.15, 0.2) is 0 Å². The van der Waals surface area contributed by atoms with Gasteiger partial charge in [0.05, 0.1) is 0 Å². The fourth-order valence-electron chi connectivity index (χ4n) is 1.38. The molecule has 1 aromatic rings. The molecule has 0 aliphatic heterocycles. The van der Waals surface area contributed by atoms with Crippen LogP contribution in [-0.4, -0.2) is 22.0 Å². The van der Waals surface area contributed by atoms with E-state index in [0.717, 1.165) is 12.1 Å². The fraction of sp³-hybridized carbons (Fsp3) is 0.538. The van der Waals surface area contributed by atoms with E-state index in [1.807, 2.05) is 24.3 Å². The summed E-state index contributed by atoms with van der Waals surface area (Å²) < 4.78 is 11.8. The molecule has 96 valence electrons. The van der Waals surface area contributed by atoms with E-state index in [-0.39, 0.29) is 5.54 Å². The first-order valence-electron chi connectivity index (χ1n) is 5.71. The SMILES string of the molecule is CC(C)(C)NCCS(=O)Cc1ccc(Cl)cc1. The average molecular weight is 274 g/mol. The quantitative estimate of drug-likeness (QED) is 0.894. The van der Waals surface area contributed by atoms with Crippen LogP contribution in [-0.2, 0) is 16.6 Å². The minimum absolute atomic E-state index is 0.0878. The zero-order valence-electron chi connectivity index (χ0n) is 10.6. The molecular weight excluding hydrogens is 254 g/mol. The molecule has 2 nitrogen and oxygen atoms in total. The second-order valence-corrected chi connectivity index (χ2v) is 7.10. The summed E-state index contributed by atoms with van der Waals surface area (Å²) >= 11 is 5.80. The molecule has 0 radical (unpaired) electrons. The van der Waals surface area contributed by atoms with Crippen LogP contribution in [0.2, 0.25) is 5.02 Å². The van der Waals surface area contributed by atoms with Crippen LogP contribution in [0.1, 0.15) is 26.3 Å². The molecule has 4 heteroatoms. The molecule has 1 rings (SSSR count). The van der Waals surface area contributed by atoms with Crippen molar-refractivity contribution in [1.82, 2.24) is 5.32 Å². The van der Waals surface area contributed by atoms with Crippen molar-refractivity contribution in [2.24, 2.45) is 0 Å². The smallest absolute Gasteiger partial charge is 0.0486 e. The van der Waals surface area contributed by atoms with Crippen LogP contribution in [0.3, 0.4) is 0 Å². The molecule has 0 heterocycles. The summed E-state index contributed by atoms with van der Waals surface area (Å²) in [7, 11) is -0.818. The highest BCUT2D eigenvalue weighted by molar-refractivity contribution is 7.84. The minimum Gasteiger partial charge on any atom is -0.311 e. The Labute approximate surface area is 111 Å². The second kappa shape index (κ2) is 6.53. The standard InChI is InChI=1S/C13H20ClNOS/c1-13(2,3)15-8-9-17(16)10-11-4-6-12(14)7-5-11/h4-7,15H,8-10H2,1-3H3. The summed E-state index contributed by atoms with van der Waals surface area (Å²) in [5.74, 6) is 1.28. The molecule has 0 saturated carbocycles. The van der Waals surface area contributed by atoms with Crippen molar-refractivity contribution in [2.75, 3.05) is 12.3 Å². The van der Waals surface area contributed by atoms with Gasteiger partial charge in [-0.05, 0) is 38.5 Å². The van der Waals surface area contributed by atoms with Gasteiger partial charge in [-0.1, -0.05) is 23.7 Å². The van der Waals surface area contributed by atoms with E-state index in [9.17, 15) is 4.21 Å². The number of nitrogens with one attached hydrogen (secondary N) is 1. The van der Waals surface area contributed by atoms with Crippen LogP contribution in [0.4, 0.5) is 0 Å². The van der Waals surface area contributed by atoms with Gasteiger partial charge < -0.3 is 5.32 Å². The molecule has 0 saturated heterocycles. The lowest BCUT2D eigenvalue weighted by Crippen LogP contribution is -2.38. The number of halogens is 1. The topological polar surface area (TPSA) is 29.1 Å². The number of hydrogen-bond acceptors (Lipinski definition) is 2. The second-order valence-electron chi connectivity index (χ2n) is 5.09. The van der Waals surface area contributed by atoms with E-state index in [4.69, 9.17) is 11.6 Å². The Morgan fingerprint density at radius 1 is 1.24 bits per heavy atom. The maximum absolute atomic E-state index is 11.8. The molecule has 1 unspecified atom stereocenters. The third-order valence-corrected chi connectivity index (χ3v) is 3.79. The summed E-state index contributed by atoms with van der Waals surface area (Å²) in [6.07, 6.45) is 0. The summed E-state index contributed by atoms with van der Waals surface area (Å²) in [6, 6.07) is 7.53. The van der Waals surface area contributed by atoms with Gasteiger partial charge in [0.2, 0.25) is 0 Å². The Hall–Kier alpha value is -0.380. The third kappa shape index (κ3) is 6.81. The number of rotatable bonds is 5. The number of benzene rings is 1. The molecule has 0 aromatic heterocycles. The molecule has 1 atom stereocenters. The summed E-state index contributed by atoms with van der Waals surface area (Å²) in [4.78, 5) is 0. The van der Waals surface area contributed by atoms with E-state index in [0.29, 0.717) is 16.5 Å². The van der Waals surface area contributed by atoms with Gasteiger partial charge in [0.1, 0.15) is 0 Å². The highest BCUT2D eigenvalue weighted by Crippen LogP contribution is 2.11. The van der Waals surface area contributed by atoms with Crippen LogP contribution in [0.25, 0.3) is 0 Å². The lowest BCUT2D eigenvalue weighted by Gasteiger charge is -2.20. The van der Waals surface area contributed by atoms with E-state index >= 15 is 0 Å². The molecule has 0 fully saturated rings. The molecular formula is C13H20ClNOS.